The van der Waals surface area contributed by atoms with E-state index in [1.54, 1.807) is 12.1 Å². The summed E-state index contributed by atoms with van der Waals surface area (Å²) < 4.78 is 0. The first-order valence-corrected chi connectivity index (χ1v) is 8.38. The molecule has 6 heteroatoms. The normalized spacial score (nSPS) is 13.8. The minimum absolute atomic E-state index is 0.0184. The summed E-state index contributed by atoms with van der Waals surface area (Å²) in [7, 11) is 0. The van der Waals surface area contributed by atoms with Gasteiger partial charge >= 0.3 is 0 Å². The van der Waals surface area contributed by atoms with E-state index >= 15 is 0 Å². The molecule has 2 aromatic carbocycles. The van der Waals surface area contributed by atoms with Gasteiger partial charge in [0, 0.05) is 30.4 Å². The summed E-state index contributed by atoms with van der Waals surface area (Å²) in [5.41, 5.74) is 3.63. The van der Waals surface area contributed by atoms with Gasteiger partial charge in [0.2, 0.25) is 0 Å². The third-order valence-corrected chi connectivity index (χ3v) is 4.51. The fraction of sp³-hybridized carbons (Fsp3) is 0.316. The molecule has 0 unspecified atom stereocenters. The van der Waals surface area contributed by atoms with Crippen LogP contribution in [0, 0.1) is 24.0 Å². The summed E-state index contributed by atoms with van der Waals surface area (Å²) in [5, 5.41) is 14.3. The first kappa shape index (κ1) is 17.0. The average molecular weight is 339 g/mol. The van der Waals surface area contributed by atoms with E-state index in [0.29, 0.717) is 11.4 Å². The molecule has 130 valence electrons. The summed E-state index contributed by atoms with van der Waals surface area (Å²) in [6, 6.07) is 10.4. The number of nitro benzene ring substituents is 1. The first-order valence-electron chi connectivity index (χ1n) is 8.38. The molecule has 0 spiro atoms. The second-order valence-electron chi connectivity index (χ2n) is 6.43. The lowest BCUT2D eigenvalue weighted by atomic mass is 10.1. The lowest BCUT2D eigenvalue weighted by Gasteiger charge is -2.18. The molecular formula is C19H21N3O3. The Morgan fingerprint density at radius 1 is 1.12 bits per heavy atom. The van der Waals surface area contributed by atoms with Crippen molar-refractivity contribution < 1.29 is 9.72 Å². The molecule has 2 aromatic rings. The van der Waals surface area contributed by atoms with Gasteiger partial charge in [0.1, 0.15) is 5.69 Å². The van der Waals surface area contributed by atoms with Gasteiger partial charge in [0.25, 0.3) is 11.6 Å². The number of hydrogen-bond acceptors (Lipinski definition) is 4. The van der Waals surface area contributed by atoms with E-state index in [1.165, 1.54) is 6.07 Å². The number of amides is 1. The second-order valence-corrected chi connectivity index (χ2v) is 6.43. The molecule has 0 atom stereocenters. The van der Waals surface area contributed by atoms with Gasteiger partial charge in [-0.1, -0.05) is 17.7 Å². The van der Waals surface area contributed by atoms with Crippen LogP contribution in [0.2, 0.25) is 0 Å². The Labute approximate surface area is 146 Å². The Balaban J connectivity index is 1.87. The van der Waals surface area contributed by atoms with Crippen molar-refractivity contribution in [1.82, 2.24) is 0 Å². The number of carbonyl (C=O) groups excluding carboxylic acids is 1. The van der Waals surface area contributed by atoms with Crippen molar-refractivity contribution in [3.05, 3.63) is 63.2 Å². The highest BCUT2D eigenvalue weighted by atomic mass is 16.6. The fourth-order valence-electron chi connectivity index (χ4n) is 3.18. The third-order valence-electron chi connectivity index (χ3n) is 4.51. The SMILES string of the molecule is Cc1ccc(NC(=O)c2ccc(N3CCCC3)c([N+](=O)[O-])c2)c(C)c1. The van der Waals surface area contributed by atoms with E-state index in [9.17, 15) is 14.9 Å². The van der Waals surface area contributed by atoms with Crippen molar-refractivity contribution in [1.29, 1.82) is 0 Å². The van der Waals surface area contributed by atoms with Gasteiger partial charge in [-0.25, -0.2) is 0 Å². The van der Waals surface area contributed by atoms with Crippen LogP contribution < -0.4 is 10.2 Å². The van der Waals surface area contributed by atoms with Gasteiger partial charge in [0.15, 0.2) is 0 Å². The summed E-state index contributed by atoms with van der Waals surface area (Å²) in [4.78, 5) is 25.6. The van der Waals surface area contributed by atoms with Gasteiger partial charge in [-0.05, 0) is 50.5 Å². The van der Waals surface area contributed by atoms with Crippen molar-refractivity contribution in [2.24, 2.45) is 0 Å². The van der Waals surface area contributed by atoms with Gasteiger partial charge < -0.3 is 10.2 Å². The number of anilines is 2. The van der Waals surface area contributed by atoms with Crippen LogP contribution in [0.5, 0.6) is 0 Å². The largest absolute Gasteiger partial charge is 0.366 e. The smallest absolute Gasteiger partial charge is 0.293 e. The number of nitrogens with one attached hydrogen (secondary N) is 1. The molecule has 0 aliphatic carbocycles. The van der Waals surface area contributed by atoms with E-state index in [0.717, 1.165) is 37.1 Å². The Morgan fingerprint density at radius 3 is 2.48 bits per heavy atom. The zero-order valence-corrected chi connectivity index (χ0v) is 14.4. The van der Waals surface area contributed by atoms with Crippen molar-refractivity contribution >= 4 is 23.0 Å². The molecule has 1 N–H and O–H groups in total. The Hall–Kier alpha value is -2.89. The van der Waals surface area contributed by atoms with Crippen molar-refractivity contribution in [3.8, 4) is 0 Å². The standard InChI is InChI=1S/C19H21N3O3/c1-13-5-7-16(14(2)11-13)20-19(23)15-6-8-17(18(12-15)22(24)25)21-9-3-4-10-21/h5-8,11-12H,3-4,9-10H2,1-2H3,(H,20,23). The van der Waals surface area contributed by atoms with Crippen molar-refractivity contribution in [2.75, 3.05) is 23.3 Å². The summed E-state index contributed by atoms with van der Waals surface area (Å²) in [5.74, 6) is -0.344. The number of benzene rings is 2. The van der Waals surface area contributed by atoms with E-state index in [4.69, 9.17) is 0 Å². The highest BCUT2D eigenvalue weighted by Gasteiger charge is 2.24. The van der Waals surface area contributed by atoms with Gasteiger partial charge in [0.05, 0.1) is 4.92 Å². The molecule has 1 heterocycles. The zero-order valence-electron chi connectivity index (χ0n) is 14.4. The first-order chi connectivity index (χ1) is 12.0. The Kier molecular flexibility index (Phi) is 4.70. The molecule has 25 heavy (non-hydrogen) atoms. The van der Waals surface area contributed by atoms with E-state index < -0.39 is 4.92 Å². The highest BCUT2D eigenvalue weighted by Crippen LogP contribution is 2.32. The maximum atomic E-state index is 12.5. The van der Waals surface area contributed by atoms with Crippen LogP contribution >= 0.6 is 0 Å². The van der Waals surface area contributed by atoms with E-state index in [-0.39, 0.29) is 17.2 Å². The predicted octanol–water partition coefficient (Wildman–Crippen LogP) is 4.06. The summed E-state index contributed by atoms with van der Waals surface area (Å²) in [6.45, 7) is 5.53. The lowest BCUT2D eigenvalue weighted by Crippen LogP contribution is -2.20. The Morgan fingerprint density at radius 2 is 1.84 bits per heavy atom. The van der Waals surface area contributed by atoms with Crippen LogP contribution in [0.1, 0.15) is 34.3 Å². The molecule has 1 aliphatic heterocycles. The topological polar surface area (TPSA) is 75.5 Å². The molecule has 0 bridgehead atoms. The van der Waals surface area contributed by atoms with Crippen LogP contribution in [-0.4, -0.2) is 23.9 Å². The fourth-order valence-corrected chi connectivity index (χ4v) is 3.18. The van der Waals surface area contributed by atoms with Gasteiger partial charge in [-0.2, -0.15) is 0 Å². The van der Waals surface area contributed by atoms with Gasteiger partial charge in [-0.15, -0.1) is 0 Å². The van der Waals surface area contributed by atoms with Crippen LogP contribution in [0.3, 0.4) is 0 Å². The molecule has 1 fully saturated rings. The summed E-state index contributed by atoms with van der Waals surface area (Å²) >= 11 is 0. The highest BCUT2D eigenvalue weighted by molar-refractivity contribution is 6.05. The van der Waals surface area contributed by atoms with E-state index in [1.807, 2.05) is 36.9 Å². The Bertz CT molecular complexity index is 827. The zero-order chi connectivity index (χ0) is 18.0. The van der Waals surface area contributed by atoms with Gasteiger partial charge in [-0.3, -0.25) is 14.9 Å². The number of rotatable bonds is 4. The predicted molar refractivity (Wildman–Crippen MR) is 98.4 cm³/mol. The van der Waals surface area contributed by atoms with Crippen molar-refractivity contribution in [3.63, 3.8) is 0 Å². The van der Waals surface area contributed by atoms with Crippen LogP contribution in [0.25, 0.3) is 0 Å². The van der Waals surface area contributed by atoms with E-state index in [2.05, 4.69) is 5.32 Å². The minimum atomic E-state index is -0.415. The average Bonchev–Trinajstić information content (AvgIpc) is 3.11. The molecule has 1 aliphatic rings. The quantitative estimate of drug-likeness (QED) is 0.673. The van der Waals surface area contributed by atoms with Crippen molar-refractivity contribution in [2.45, 2.75) is 26.7 Å². The molecule has 6 nitrogen and oxygen atoms in total. The lowest BCUT2D eigenvalue weighted by molar-refractivity contribution is -0.384. The molecule has 1 saturated heterocycles. The second kappa shape index (κ2) is 6.93. The van der Waals surface area contributed by atoms with Crippen LogP contribution in [0.15, 0.2) is 36.4 Å². The molecule has 0 saturated carbocycles. The molecule has 1 amide bonds. The summed E-state index contributed by atoms with van der Waals surface area (Å²) in [6.07, 6.45) is 2.07. The minimum Gasteiger partial charge on any atom is -0.366 e. The van der Waals surface area contributed by atoms with Crippen LogP contribution in [0.4, 0.5) is 17.1 Å². The number of hydrogen-bond donors (Lipinski definition) is 1. The number of nitro groups is 1. The monoisotopic (exact) mass is 339 g/mol. The van der Waals surface area contributed by atoms with Crippen LogP contribution in [-0.2, 0) is 0 Å². The number of nitrogens with zero attached hydrogens (tertiary/aromatic N) is 2. The number of carbonyl (C=O) groups is 1. The molecular weight excluding hydrogens is 318 g/mol. The number of aryl methyl sites for hydroxylation is 2. The maximum absolute atomic E-state index is 12.5. The maximum Gasteiger partial charge on any atom is 0.293 e. The molecule has 0 radical (unpaired) electrons. The molecule has 0 aromatic heterocycles. The molecule has 3 rings (SSSR count). The third kappa shape index (κ3) is 3.63.